The second-order valence-corrected chi connectivity index (χ2v) is 6.05. The van der Waals surface area contributed by atoms with Crippen LogP contribution in [-0.2, 0) is 17.5 Å². The molecule has 0 fully saturated rings. The smallest absolute Gasteiger partial charge is 0.416 e. The Kier molecular flexibility index (Phi) is 9.13. The maximum atomic E-state index is 12.9. The summed E-state index contributed by atoms with van der Waals surface area (Å²) in [5.74, 6) is -0.163. The van der Waals surface area contributed by atoms with E-state index in [9.17, 15) is 22.8 Å². The van der Waals surface area contributed by atoms with E-state index in [0.29, 0.717) is 17.9 Å². The number of ether oxygens (including phenoxy) is 1. The summed E-state index contributed by atoms with van der Waals surface area (Å²) in [7, 11) is 0. The van der Waals surface area contributed by atoms with Crippen LogP contribution < -0.4 is 15.8 Å². The van der Waals surface area contributed by atoms with Crippen molar-refractivity contribution in [2.24, 2.45) is 5.73 Å². The lowest BCUT2D eigenvalue weighted by molar-refractivity contribution is -0.137. The molecular formula is C20H22ClF3N2O3. The monoisotopic (exact) mass is 430 g/mol. The Morgan fingerprint density at radius 1 is 1.07 bits per heavy atom. The van der Waals surface area contributed by atoms with E-state index in [0.717, 1.165) is 12.1 Å². The van der Waals surface area contributed by atoms with Crippen molar-refractivity contribution in [3.8, 4) is 5.75 Å². The molecule has 2 aromatic rings. The summed E-state index contributed by atoms with van der Waals surface area (Å²) in [6.45, 7) is 2.26. The molecule has 0 radical (unpaired) electrons. The predicted octanol–water partition coefficient (Wildman–Crippen LogP) is 4.59. The average molecular weight is 431 g/mol. The molecule has 0 aliphatic rings. The van der Waals surface area contributed by atoms with Gasteiger partial charge in [-0.25, -0.2) is 0 Å². The van der Waals surface area contributed by atoms with Crippen LogP contribution in [0.25, 0.3) is 0 Å². The van der Waals surface area contributed by atoms with Crippen LogP contribution in [0.1, 0.15) is 41.3 Å². The number of hydrogen-bond donors (Lipinski definition) is 2. The van der Waals surface area contributed by atoms with Gasteiger partial charge in [0, 0.05) is 30.6 Å². The maximum Gasteiger partial charge on any atom is 0.416 e. The number of benzene rings is 2. The van der Waals surface area contributed by atoms with Gasteiger partial charge in [-0.05, 0) is 55.0 Å². The van der Waals surface area contributed by atoms with E-state index < -0.39 is 17.6 Å². The minimum Gasteiger partial charge on any atom is -0.494 e. The van der Waals surface area contributed by atoms with Crippen molar-refractivity contribution < 1.29 is 27.5 Å². The van der Waals surface area contributed by atoms with Crippen LogP contribution in [0.2, 0.25) is 0 Å². The molecule has 29 heavy (non-hydrogen) atoms. The molecule has 0 aliphatic carbocycles. The summed E-state index contributed by atoms with van der Waals surface area (Å²) in [4.78, 5) is 24.2. The van der Waals surface area contributed by atoms with Crippen molar-refractivity contribution in [2.45, 2.75) is 32.5 Å². The molecule has 0 aliphatic heterocycles. The number of hydrogen-bond acceptors (Lipinski definition) is 4. The molecule has 5 nitrogen and oxygen atoms in total. The molecule has 0 saturated heterocycles. The zero-order valence-corrected chi connectivity index (χ0v) is 16.5. The number of nitrogens with two attached hydrogens (primary N) is 1. The van der Waals surface area contributed by atoms with Crippen molar-refractivity contribution in [2.75, 3.05) is 11.9 Å². The van der Waals surface area contributed by atoms with Crippen LogP contribution in [0, 0.1) is 0 Å². The highest BCUT2D eigenvalue weighted by Gasteiger charge is 2.31. The van der Waals surface area contributed by atoms with Gasteiger partial charge >= 0.3 is 6.18 Å². The number of nitrogens with one attached hydrogen (secondary N) is 1. The lowest BCUT2D eigenvalue weighted by atomic mass is 10.1. The van der Waals surface area contributed by atoms with Gasteiger partial charge in [-0.2, -0.15) is 13.2 Å². The van der Waals surface area contributed by atoms with E-state index in [1.165, 1.54) is 6.07 Å². The zero-order chi connectivity index (χ0) is 20.7. The minimum atomic E-state index is -4.55. The first-order valence-corrected chi connectivity index (χ1v) is 8.70. The Balaban J connectivity index is 0.00000420. The molecule has 0 atom stereocenters. The molecule has 0 saturated carbocycles. The fraction of sp³-hybridized carbons (Fsp3) is 0.300. The van der Waals surface area contributed by atoms with E-state index in [1.807, 2.05) is 6.92 Å². The summed E-state index contributed by atoms with van der Waals surface area (Å²) in [6, 6.07) is 9.68. The maximum absolute atomic E-state index is 12.9. The van der Waals surface area contributed by atoms with Crippen molar-refractivity contribution >= 4 is 29.8 Å². The second kappa shape index (κ2) is 10.8. The van der Waals surface area contributed by atoms with Crippen molar-refractivity contribution in [3.05, 3.63) is 59.2 Å². The van der Waals surface area contributed by atoms with Crippen molar-refractivity contribution in [1.29, 1.82) is 0 Å². The molecule has 2 aromatic carbocycles. The van der Waals surface area contributed by atoms with Gasteiger partial charge in [0.1, 0.15) is 5.75 Å². The fourth-order valence-corrected chi connectivity index (χ4v) is 2.54. The number of carbonyl (C=O) groups excluding carboxylic acids is 2. The number of carbonyl (C=O) groups is 2. The number of ketones is 1. The molecule has 0 heterocycles. The Hall–Kier alpha value is -2.58. The van der Waals surface area contributed by atoms with E-state index in [2.05, 4.69) is 5.32 Å². The number of halogens is 4. The van der Waals surface area contributed by atoms with Crippen LogP contribution in [0.15, 0.2) is 42.5 Å². The molecule has 1 amide bonds. The molecule has 2 rings (SSSR count). The highest BCUT2D eigenvalue weighted by atomic mass is 35.5. The number of alkyl halides is 3. The van der Waals surface area contributed by atoms with E-state index in [4.69, 9.17) is 10.5 Å². The lowest BCUT2D eigenvalue weighted by Gasteiger charge is -2.12. The summed E-state index contributed by atoms with van der Waals surface area (Å²) < 4.78 is 44.1. The molecule has 0 bridgehead atoms. The average Bonchev–Trinajstić information content (AvgIpc) is 2.66. The largest absolute Gasteiger partial charge is 0.494 e. The highest BCUT2D eigenvalue weighted by molar-refractivity contribution is 6.00. The zero-order valence-electron chi connectivity index (χ0n) is 15.7. The third kappa shape index (κ3) is 7.40. The van der Waals surface area contributed by atoms with Crippen molar-refractivity contribution in [1.82, 2.24) is 0 Å². The van der Waals surface area contributed by atoms with E-state index in [1.54, 1.807) is 24.3 Å². The summed E-state index contributed by atoms with van der Waals surface area (Å²) in [6.07, 6.45) is -4.77. The Bertz CT molecular complexity index is 840. The highest BCUT2D eigenvalue weighted by Crippen LogP contribution is 2.32. The van der Waals surface area contributed by atoms with Crippen LogP contribution in [0.3, 0.4) is 0 Å². The fourth-order valence-electron chi connectivity index (χ4n) is 2.54. The number of rotatable bonds is 8. The first kappa shape index (κ1) is 24.5. The third-order valence-corrected chi connectivity index (χ3v) is 3.91. The predicted molar refractivity (Wildman–Crippen MR) is 106 cm³/mol. The topological polar surface area (TPSA) is 81.4 Å². The van der Waals surface area contributed by atoms with Gasteiger partial charge in [0.15, 0.2) is 5.78 Å². The number of anilines is 1. The second-order valence-electron chi connectivity index (χ2n) is 6.05. The van der Waals surface area contributed by atoms with Gasteiger partial charge < -0.3 is 15.8 Å². The number of amides is 1. The van der Waals surface area contributed by atoms with Crippen molar-refractivity contribution in [3.63, 3.8) is 0 Å². The third-order valence-electron chi connectivity index (χ3n) is 3.91. The lowest BCUT2D eigenvalue weighted by Crippen LogP contribution is -2.15. The van der Waals surface area contributed by atoms with Gasteiger partial charge in [0.05, 0.1) is 12.2 Å². The Morgan fingerprint density at radius 3 is 2.28 bits per heavy atom. The molecular weight excluding hydrogens is 409 g/mol. The number of Topliss-reactive ketones (excluding diaryl/α,β-unsaturated/α-hetero) is 1. The summed E-state index contributed by atoms with van der Waals surface area (Å²) in [5.41, 5.74) is 5.20. The standard InChI is InChI=1S/C20H21F3N2O3.ClH/c1-2-28-17-5-3-14(4-6-17)18(26)7-8-19(27)25-16-10-13(12-24)9-15(11-16)20(21,22)23;/h3-6,9-11H,2,7-8,12,24H2,1H3,(H,25,27);1H. The first-order chi connectivity index (χ1) is 13.2. The molecule has 0 unspecified atom stereocenters. The normalized spacial score (nSPS) is 10.8. The van der Waals surface area contributed by atoms with Gasteiger partial charge in [0.25, 0.3) is 0 Å². The first-order valence-electron chi connectivity index (χ1n) is 8.70. The molecule has 158 valence electrons. The Labute approximate surface area is 172 Å². The quantitative estimate of drug-likeness (QED) is 0.600. The molecule has 9 heteroatoms. The summed E-state index contributed by atoms with van der Waals surface area (Å²) in [5, 5.41) is 2.40. The van der Waals surface area contributed by atoms with E-state index in [-0.39, 0.29) is 48.8 Å². The van der Waals surface area contributed by atoms with Gasteiger partial charge in [-0.1, -0.05) is 0 Å². The summed E-state index contributed by atoms with van der Waals surface area (Å²) >= 11 is 0. The SMILES string of the molecule is CCOc1ccc(C(=O)CCC(=O)Nc2cc(CN)cc(C(F)(F)F)c2)cc1.Cl. The molecule has 0 spiro atoms. The van der Waals surface area contributed by atoms with Crippen LogP contribution in [0.4, 0.5) is 18.9 Å². The van der Waals surface area contributed by atoms with Gasteiger partial charge in [-0.3, -0.25) is 9.59 Å². The molecule has 3 N–H and O–H groups in total. The minimum absolute atomic E-state index is 0. The molecule has 0 aromatic heterocycles. The van der Waals surface area contributed by atoms with Gasteiger partial charge in [0.2, 0.25) is 5.91 Å². The Morgan fingerprint density at radius 2 is 1.72 bits per heavy atom. The van der Waals surface area contributed by atoms with Crippen LogP contribution >= 0.6 is 12.4 Å². The van der Waals surface area contributed by atoms with E-state index >= 15 is 0 Å². The van der Waals surface area contributed by atoms with Crippen LogP contribution in [0.5, 0.6) is 5.75 Å². The van der Waals surface area contributed by atoms with Gasteiger partial charge in [-0.15, -0.1) is 12.4 Å². The van der Waals surface area contributed by atoms with Crippen LogP contribution in [-0.4, -0.2) is 18.3 Å².